The number of hydrogen-bond acceptors (Lipinski definition) is 3. The Morgan fingerprint density at radius 1 is 1.29 bits per heavy atom. The summed E-state index contributed by atoms with van der Waals surface area (Å²) in [5, 5.41) is 0.829. The molecule has 4 heteroatoms. The Labute approximate surface area is 134 Å². The van der Waals surface area contributed by atoms with Crippen LogP contribution in [-0.4, -0.2) is 49.6 Å². The zero-order chi connectivity index (χ0) is 15.4. The number of benzene rings is 1. The van der Waals surface area contributed by atoms with Crippen LogP contribution in [0.5, 0.6) is 0 Å². The lowest BCUT2D eigenvalue weighted by Crippen LogP contribution is -2.45. The Balaban J connectivity index is 2.06. The van der Waals surface area contributed by atoms with Crippen LogP contribution in [0.15, 0.2) is 24.3 Å². The lowest BCUT2D eigenvalue weighted by molar-refractivity contribution is 0.108. The van der Waals surface area contributed by atoms with Gasteiger partial charge in [0.25, 0.3) is 0 Å². The quantitative estimate of drug-likeness (QED) is 0.907. The molecule has 2 N–H and O–H groups in total. The molecule has 2 rings (SSSR count). The third-order valence-corrected chi connectivity index (χ3v) is 4.73. The number of likely N-dealkylation sites (tertiary alicyclic amines) is 1. The van der Waals surface area contributed by atoms with Gasteiger partial charge in [0, 0.05) is 17.6 Å². The van der Waals surface area contributed by atoms with Gasteiger partial charge < -0.3 is 10.6 Å². The maximum atomic E-state index is 6.39. The van der Waals surface area contributed by atoms with E-state index in [1.165, 1.54) is 24.9 Å². The molecule has 0 aromatic heterocycles. The van der Waals surface area contributed by atoms with Crippen LogP contribution in [-0.2, 0) is 0 Å². The van der Waals surface area contributed by atoms with Crippen LogP contribution in [0.25, 0.3) is 0 Å². The lowest BCUT2D eigenvalue weighted by Gasteiger charge is -2.40. The highest BCUT2D eigenvalue weighted by atomic mass is 35.5. The van der Waals surface area contributed by atoms with E-state index >= 15 is 0 Å². The average molecular weight is 310 g/mol. The molecule has 118 valence electrons. The Morgan fingerprint density at radius 2 is 1.90 bits per heavy atom. The van der Waals surface area contributed by atoms with Crippen LogP contribution in [0, 0.1) is 5.92 Å². The summed E-state index contributed by atoms with van der Waals surface area (Å²) in [7, 11) is 4.31. The number of halogens is 1. The summed E-state index contributed by atoms with van der Waals surface area (Å²) in [6.45, 7) is 5.48. The first-order chi connectivity index (χ1) is 9.99. The van der Waals surface area contributed by atoms with Gasteiger partial charge in [-0.25, -0.2) is 0 Å². The molecule has 2 atom stereocenters. The molecule has 1 aliphatic rings. The minimum Gasteiger partial charge on any atom is -0.326 e. The van der Waals surface area contributed by atoms with Gasteiger partial charge in [0.1, 0.15) is 0 Å². The van der Waals surface area contributed by atoms with E-state index in [1.54, 1.807) is 0 Å². The predicted octanol–water partition coefficient (Wildman–Crippen LogP) is 3.00. The Kier molecular flexibility index (Phi) is 6.06. The minimum atomic E-state index is 0.0790. The molecule has 0 bridgehead atoms. The summed E-state index contributed by atoms with van der Waals surface area (Å²) in [5.74, 6) is 0.802. The second-order valence-electron chi connectivity index (χ2n) is 6.57. The van der Waals surface area contributed by atoms with Gasteiger partial charge in [-0.05, 0) is 64.5 Å². The normalized spacial score (nSPS) is 20.7. The zero-order valence-corrected chi connectivity index (χ0v) is 14.2. The molecule has 1 fully saturated rings. The molecule has 3 nitrogen and oxygen atoms in total. The largest absolute Gasteiger partial charge is 0.326 e. The summed E-state index contributed by atoms with van der Waals surface area (Å²) < 4.78 is 0. The molecule has 0 aliphatic carbocycles. The molecule has 2 unspecified atom stereocenters. The van der Waals surface area contributed by atoms with E-state index in [-0.39, 0.29) is 12.1 Å². The van der Waals surface area contributed by atoms with Crippen LogP contribution in [0.1, 0.15) is 31.4 Å². The Morgan fingerprint density at radius 3 is 2.43 bits per heavy atom. The van der Waals surface area contributed by atoms with Crippen LogP contribution in [0.2, 0.25) is 5.02 Å². The first kappa shape index (κ1) is 16.8. The van der Waals surface area contributed by atoms with E-state index in [2.05, 4.69) is 43.0 Å². The summed E-state index contributed by atoms with van der Waals surface area (Å²) in [4.78, 5) is 4.80. The molecular weight excluding hydrogens is 282 g/mol. The molecule has 1 aromatic carbocycles. The third-order valence-electron chi connectivity index (χ3n) is 4.39. The Bertz CT molecular complexity index is 439. The topological polar surface area (TPSA) is 32.5 Å². The van der Waals surface area contributed by atoms with E-state index in [0.717, 1.165) is 24.0 Å². The summed E-state index contributed by atoms with van der Waals surface area (Å²) in [5.41, 5.74) is 7.44. The molecule has 0 spiro atoms. The fourth-order valence-corrected chi connectivity index (χ4v) is 3.71. The van der Waals surface area contributed by atoms with Crippen molar-refractivity contribution in [3.05, 3.63) is 34.9 Å². The van der Waals surface area contributed by atoms with Crippen LogP contribution >= 0.6 is 11.6 Å². The van der Waals surface area contributed by atoms with Gasteiger partial charge in [0.15, 0.2) is 0 Å². The zero-order valence-electron chi connectivity index (χ0n) is 13.4. The number of rotatable bonds is 5. The van der Waals surface area contributed by atoms with Crippen molar-refractivity contribution in [2.45, 2.75) is 31.8 Å². The van der Waals surface area contributed by atoms with E-state index in [4.69, 9.17) is 17.3 Å². The summed E-state index contributed by atoms with van der Waals surface area (Å²) >= 11 is 6.39. The monoisotopic (exact) mass is 309 g/mol. The standard InChI is InChI=1S/C17H28ClN3/c1-13(19)17(15-6-4-5-7-16(15)18)21-10-8-14(9-11-21)12-20(2)3/h4-7,13-14,17H,8-12,19H2,1-3H3. The van der Waals surface area contributed by atoms with Crippen LogP contribution in [0.4, 0.5) is 0 Å². The molecule has 1 aromatic rings. The van der Waals surface area contributed by atoms with Crippen molar-refractivity contribution in [2.24, 2.45) is 11.7 Å². The highest BCUT2D eigenvalue weighted by molar-refractivity contribution is 6.31. The summed E-state index contributed by atoms with van der Waals surface area (Å²) in [6, 6.07) is 8.41. The minimum absolute atomic E-state index is 0.0790. The van der Waals surface area contributed by atoms with Crippen molar-refractivity contribution in [2.75, 3.05) is 33.7 Å². The number of piperidine rings is 1. The van der Waals surface area contributed by atoms with Crippen LogP contribution in [0.3, 0.4) is 0 Å². The van der Waals surface area contributed by atoms with Crippen molar-refractivity contribution in [3.8, 4) is 0 Å². The van der Waals surface area contributed by atoms with Gasteiger partial charge in [0.05, 0.1) is 6.04 Å². The predicted molar refractivity (Wildman–Crippen MR) is 90.7 cm³/mol. The van der Waals surface area contributed by atoms with Gasteiger partial charge in [-0.1, -0.05) is 29.8 Å². The highest BCUT2D eigenvalue weighted by Crippen LogP contribution is 2.32. The second kappa shape index (κ2) is 7.59. The third kappa shape index (κ3) is 4.43. The van der Waals surface area contributed by atoms with Crippen molar-refractivity contribution in [1.29, 1.82) is 0 Å². The van der Waals surface area contributed by atoms with Gasteiger partial charge in [-0.3, -0.25) is 4.90 Å². The first-order valence-corrected chi connectivity index (χ1v) is 8.25. The number of nitrogens with two attached hydrogens (primary N) is 1. The maximum absolute atomic E-state index is 6.39. The molecule has 21 heavy (non-hydrogen) atoms. The van der Waals surface area contributed by atoms with E-state index in [1.807, 2.05) is 12.1 Å². The second-order valence-corrected chi connectivity index (χ2v) is 6.97. The van der Waals surface area contributed by atoms with Crippen molar-refractivity contribution < 1.29 is 0 Å². The van der Waals surface area contributed by atoms with E-state index in [0.29, 0.717) is 0 Å². The molecule has 1 heterocycles. The molecule has 0 saturated carbocycles. The smallest absolute Gasteiger partial charge is 0.0511 e. The average Bonchev–Trinajstić information content (AvgIpc) is 2.42. The Hall–Kier alpha value is -0.610. The van der Waals surface area contributed by atoms with E-state index in [9.17, 15) is 0 Å². The number of hydrogen-bond donors (Lipinski definition) is 1. The number of nitrogens with zero attached hydrogens (tertiary/aromatic N) is 2. The SMILES string of the molecule is CC(N)C(c1ccccc1Cl)N1CCC(CN(C)C)CC1. The van der Waals surface area contributed by atoms with Crippen molar-refractivity contribution in [3.63, 3.8) is 0 Å². The molecular formula is C17H28ClN3. The maximum Gasteiger partial charge on any atom is 0.0511 e. The van der Waals surface area contributed by atoms with Crippen molar-refractivity contribution >= 4 is 11.6 Å². The molecule has 0 radical (unpaired) electrons. The van der Waals surface area contributed by atoms with Gasteiger partial charge in [-0.15, -0.1) is 0 Å². The highest BCUT2D eigenvalue weighted by Gasteiger charge is 2.29. The lowest BCUT2D eigenvalue weighted by atomic mass is 9.92. The fraction of sp³-hybridized carbons (Fsp3) is 0.647. The van der Waals surface area contributed by atoms with Gasteiger partial charge >= 0.3 is 0 Å². The first-order valence-electron chi connectivity index (χ1n) is 7.88. The van der Waals surface area contributed by atoms with Crippen LogP contribution < -0.4 is 5.73 Å². The molecule has 1 aliphatic heterocycles. The molecule has 1 saturated heterocycles. The van der Waals surface area contributed by atoms with Crippen molar-refractivity contribution in [1.82, 2.24) is 9.80 Å². The van der Waals surface area contributed by atoms with E-state index < -0.39 is 0 Å². The van der Waals surface area contributed by atoms with Gasteiger partial charge in [0.2, 0.25) is 0 Å². The summed E-state index contributed by atoms with van der Waals surface area (Å²) in [6.07, 6.45) is 2.48. The fourth-order valence-electron chi connectivity index (χ4n) is 3.46. The van der Waals surface area contributed by atoms with Gasteiger partial charge in [-0.2, -0.15) is 0 Å². The molecule has 0 amide bonds.